The lowest BCUT2D eigenvalue weighted by Gasteiger charge is -2.12. The van der Waals surface area contributed by atoms with E-state index in [1.165, 1.54) is 81.1 Å². The number of nitrogens with two attached hydrogens (primary N) is 3. The highest BCUT2D eigenvalue weighted by Crippen LogP contribution is 2.41. The number of nitrogens with one attached hydrogen (secondary N) is 3. The van der Waals surface area contributed by atoms with Gasteiger partial charge in [0.1, 0.15) is 65.2 Å². The Morgan fingerprint density at radius 3 is 1.19 bits per heavy atom. The molecule has 9 N–H and O–H groups in total. The van der Waals surface area contributed by atoms with Gasteiger partial charge in [0.2, 0.25) is 0 Å². The van der Waals surface area contributed by atoms with Gasteiger partial charge in [-0.1, -0.05) is 123 Å². The summed E-state index contributed by atoms with van der Waals surface area (Å²) in [4.78, 5) is 63.5. The minimum absolute atomic E-state index is 0.000780. The second-order valence-corrected chi connectivity index (χ2v) is 26.1. The van der Waals surface area contributed by atoms with Crippen LogP contribution in [0.15, 0.2) is 146 Å². The van der Waals surface area contributed by atoms with Gasteiger partial charge in [-0.3, -0.25) is 14.4 Å². The summed E-state index contributed by atoms with van der Waals surface area (Å²) in [6.45, 7) is 5.78. The van der Waals surface area contributed by atoms with Crippen molar-refractivity contribution in [1.82, 2.24) is 75.2 Å². The highest BCUT2D eigenvalue weighted by molar-refractivity contribution is 6.01. The number of alkyl halides is 3. The fourth-order valence-corrected chi connectivity index (χ4v) is 13.8. The molecule has 0 atom stereocenters. The quantitative estimate of drug-likeness (QED) is 0.0520. The van der Waals surface area contributed by atoms with E-state index in [0.29, 0.717) is 81.5 Å². The molecule has 0 unspecified atom stereocenters. The molecule has 0 spiro atoms. The maximum Gasteiger partial charge on any atom is 0.416 e. The predicted octanol–water partition coefficient (Wildman–Crippen LogP) is 14.6. The average molecular weight is 1380 g/mol. The molecule has 3 aliphatic carbocycles. The van der Waals surface area contributed by atoms with Crippen molar-refractivity contribution in [2.24, 2.45) is 0 Å². The van der Waals surface area contributed by atoms with Crippen LogP contribution in [-0.4, -0.2) is 77.0 Å². The zero-order valence-corrected chi connectivity index (χ0v) is 56.4. The van der Waals surface area contributed by atoms with Crippen molar-refractivity contribution in [2.75, 3.05) is 17.2 Å². The number of amides is 3. The number of nitrogen functional groups attached to an aromatic ring is 3. The van der Waals surface area contributed by atoms with Crippen molar-refractivity contribution in [3.63, 3.8) is 0 Å². The Kier molecular flexibility index (Phi) is 20.1. The summed E-state index contributed by atoms with van der Waals surface area (Å²) < 4.78 is 72.2. The van der Waals surface area contributed by atoms with E-state index in [9.17, 15) is 36.3 Å². The minimum Gasteiger partial charge on any atom is -0.383 e. The fourth-order valence-electron chi connectivity index (χ4n) is 13.8. The molecule has 3 fully saturated rings. The van der Waals surface area contributed by atoms with E-state index >= 15 is 0 Å². The second kappa shape index (κ2) is 29.7. The molecule has 3 aliphatic rings. The molecule has 15 rings (SSSR count). The zero-order chi connectivity index (χ0) is 71.3. The maximum atomic E-state index is 13.7. The van der Waals surface area contributed by atoms with Gasteiger partial charge >= 0.3 is 6.18 Å². The molecule has 522 valence electrons. The largest absolute Gasteiger partial charge is 0.416 e. The molecular weight excluding hydrogens is 1310 g/mol. The Balaban J connectivity index is 0.000000137. The third-order valence-electron chi connectivity index (χ3n) is 19.4. The molecule has 0 aliphatic heterocycles. The van der Waals surface area contributed by atoms with Gasteiger partial charge in [-0.2, -0.15) is 28.5 Å². The average Bonchev–Trinajstić information content (AvgIpc) is 1.62. The number of anilines is 3. The minimum atomic E-state index is -4.51. The van der Waals surface area contributed by atoms with Gasteiger partial charge in [0.05, 0.1) is 39.8 Å². The first-order valence-electron chi connectivity index (χ1n) is 34.0. The van der Waals surface area contributed by atoms with Crippen LogP contribution in [-0.2, 0) is 25.8 Å². The molecule has 12 aromatic rings. The lowest BCUT2D eigenvalue weighted by Crippen LogP contribution is -2.24. The number of nitrogens with zero attached hydrogens (tertiary/aromatic N) is 12. The highest BCUT2D eigenvalue weighted by Gasteiger charge is 2.32. The summed E-state index contributed by atoms with van der Waals surface area (Å²) in [6.07, 6.45) is 13.4. The first kappa shape index (κ1) is 68.9. The number of hydrogen-bond acceptors (Lipinski definition) is 15. The molecular formula is C76H75F5N18O3. The summed E-state index contributed by atoms with van der Waals surface area (Å²) in [6, 6.07) is 35.8. The third-order valence-corrected chi connectivity index (χ3v) is 19.4. The second-order valence-electron chi connectivity index (χ2n) is 26.1. The van der Waals surface area contributed by atoms with Crippen LogP contribution in [0.5, 0.6) is 0 Å². The Morgan fingerprint density at radius 2 is 0.814 bits per heavy atom. The van der Waals surface area contributed by atoms with Crippen LogP contribution in [0.4, 0.5) is 39.4 Å². The summed E-state index contributed by atoms with van der Waals surface area (Å²) in [5.74, 6) is -0.634. The van der Waals surface area contributed by atoms with Gasteiger partial charge in [0.25, 0.3) is 17.7 Å². The van der Waals surface area contributed by atoms with E-state index in [-0.39, 0.29) is 41.6 Å². The number of carbonyl (C=O) groups is 3. The van der Waals surface area contributed by atoms with E-state index in [1.807, 2.05) is 86.8 Å². The van der Waals surface area contributed by atoms with Crippen molar-refractivity contribution in [1.29, 1.82) is 0 Å². The number of aromatic nitrogens is 12. The monoisotopic (exact) mass is 1380 g/mol. The first-order valence-corrected chi connectivity index (χ1v) is 34.0. The van der Waals surface area contributed by atoms with E-state index < -0.39 is 17.6 Å². The third kappa shape index (κ3) is 14.7. The van der Waals surface area contributed by atoms with Gasteiger partial charge in [-0.05, 0) is 135 Å². The Hall–Kier alpha value is -11.6. The van der Waals surface area contributed by atoms with E-state index in [2.05, 4.69) is 45.9 Å². The molecule has 6 heterocycles. The van der Waals surface area contributed by atoms with Crippen LogP contribution in [0.25, 0.3) is 66.9 Å². The molecule has 0 bridgehead atoms. The SMILES string of the molecule is Cc1c(F)cccc1C(=O)NCc1ccc(-c2nn(C3CCCC3)c3ncnc(N)c23)cc1.Cc1cc(F)ccc1C(=O)NCc1ccc(-c2nn(C3CCCC3)c3ncnc(N)c23)cc1.Cc1ccc(C(F)(F)F)cc1C(=O)NCc1ccc(-c2nn(C3CCCC3)c3ncnc(N)c23)cc1. The van der Waals surface area contributed by atoms with E-state index in [0.717, 1.165) is 136 Å². The van der Waals surface area contributed by atoms with Crippen molar-refractivity contribution < 1.29 is 36.3 Å². The van der Waals surface area contributed by atoms with Crippen molar-refractivity contribution >= 4 is 68.3 Å². The molecule has 102 heavy (non-hydrogen) atoms. The van der Waals surface area contributed by atoms with Crippen molar-refractivity contribution in [2.45, 2.75) is 142 Å². The molecule has 3 saturated carbocycles. The molecule has 21 nitrogen and oxygen atoms in total. The smallest absolute Gasteiger partial charge is 0.383 e. The molecule has 6 aromatic carbocycles. The summed E-state index contributed by atoms with van der Waals surface area (Å²) in [5, 5.41) is 25.4. The maximum absolute atomic E-state index is 13.7. The number of aryl methyl sites for hydroxylation is 2. The van der Waals surface area contributed by atoms with E-state index in [1.54, 1.807) is 26.8 Å². The first-order chi connectivity index (χ1) is 49.3. The van der Waals surface area contributed by atoms with Crippen molar-refractivity contribution in [3.05, 3.63) is 214 Å². The number of carbonyl (C=O) groups excluding carboxylic acids is 3. The van der Waals surface area contributed by atoms with Gasteiger partial charge < -0.3 is 33.2 Å². The molecule has 26 heteroatoms. The van der Waals surface area contributed by atoms with Crippen LogP contribution in [0, 0.1) is 32.4 Å². The predicted molar refractivity (Wildman–Crippen MR) is 380 cm³/mol. The van der Waals surface area contributed by atoms with Crippen LogP contribution in [0.2, 0.25) is 0 Å². The van der Waals surface area contributed by atoms with E-state index in [4.69, 9.17) is 32.5 Å². The van der Waals surface area contributed by atoms with Crippen LogP contribution >= 0.6 is 0 Å². The standard InChI is InChI=1S/C26H25F3N6O.2C25H25FN6O/c1-15-6-11-18(26(27,28)29)12-20(15)25(36)31-13-16-7-9-17(10-8-16)22-21-23(30)32-14-33-24(21)35(34-22)19-4-2-3-5-19;1-15-19(7-4-8-20(15)26)25(33)28-13-16-9-11-17(12-10-16)22-21-23(27)29-14-30-24(21)32(31-22)18-5-2-3-6-18;1-15-12-18(26)10-11-20(15)25(33)28-13-16-6-8-17(9-7-16)22-21-23(27)29-14-30-24(21)32(31-22)19-4-2-3-5-19/h6-12,14,19H,2-5,13H2,1H3,(H,31,36)(H2,30,32,33);4,7-12,14,18H,2-3,5-6,13H2,1H3,(H,28,33)(H2,27,29,30);6-12,14,19H,2-5,13H2,1H3,(H,28,33)(H2,27,29,30). The topological polar surface area (TPSA) is 296 Å². The van der Waals surface area contributed by atoms with Crippen molar-refractivity contribution in [3.8, 4) is 33.8 Å². The van der Waals surface area contributed by atoms with Crippen LogP contribution < -0.4 is 33.2 Å². The lowest BCUT2D eigenvalue weighted by molar-refractivity contribution is -0.137. The molecule has 0 radical (unpaired) electrons. The number of halogens is 5. The Bertz CT molecular complexity index is 5080. The zero-order valence-electron chi connectivity index (χ0n) is 56.4. The summed E-state index contributed by atoms with van der Waals surface area (Å²) in [5.41, 5.74) is 29.8. The van der Waals surface area contributed by atoms with Gasteiger partial charge in [-0.25, -0.2) is 52.7 Å². The van der Waals surface area contributed by atoms with Crippen LogP contribution in [0.3, 0.4) is 0 Å². The number of hydrogen-bond donors (Lipinski definition) is 6. The fraction of sp³-hybridized carbons (Fsp3) is 0.289. The molecule has 3 amide bonds. The summed E-state index contributed by atoms with van der Waals surface area (Å²) in [7, 11) is 0. The van der Waals surface area contributed by atoms with Gasteiger partial charge in [-0.15, -0.1) is 0 Å². The van der Waals surface area contributed by atoms with Gasteiger partial charge in [0.15, 0.2) is 16.9 Å². The Morgan fingerprint density at radius 1 is 0.441 bits per heavy atom. The normalized spacial score (nSPS) is 14.2. The lowest BCUT2D eigenvalue weighted by atomic mass is 10.0. The highest BCUT2D eigenvalue weighted by atomic mass is 19.4. The number of benzene rings is 6. The summed E-state index contributed by atoms with van der Waals surface area (Å²) >= 11 is 0. The molecule has 6 aromatic heterocycles. The molecule has 0 saturated heterocycles. The number of fused-ring (bicyclic) bond motifs is 3. The van der Waals surface area contributed by atoms with Gasteiger partial charge in [0, 0.05) is 53.0 Å². The Labute approximate surface area is 583 Å². The van der Waals surface area contributed by atoms with Crippen LogP contribution in [0.1, 0.15) is 165 Å². The number of rotatable bonds is 15.